The van der Waals surface area contributed by atoms with Crippen molar-refractivity contribution in [3.63, 3.8) is 0 Å². The molecule has 1 amide bonds. The summed E-state index contributed by atoms with van der Waals surface area (Å²) in [7, 11) is 1.64. The molecule has 2 rings (SSSR count). The van der Waals surface area contributed by atoms with E-state index in [1.807, 2.05) is 63.8 Å². The van der Waals surface area contributed by atoms with E-state index in [1.54, 1.807) is 7.11 Å². The van der Waals surface area contributed by atoms with Crippen LogP contribution in [0.1, 0.15) is 43.6 Å². The number of hydrogen-bond donors (Lipinski definition) is 0. The minimum absolute atomic E-state index is 0.0419. The monoisotopic (exact) mass is 403 g/mol. The molecule has 3 nitrogen and oxygen atoms in total. The normalized spacial score (nSPS) is 11.1. The molecule has 25 heavy (non-hydrogen) atoms. The zero-order chi connectivity index (χ0) is 18.7. The smallest absolute Gasteiger partial charge is 0.254 e. The number of aryl methyl sites for hydroxylation is 1. The van der Waals surface area contributed by atoms with Crippen LogP contribution >= 0.6 is 15.9 Å². The molecule has 0 aliphatic carbocycles. The summed E-state index contributed by atoms with van der Waals surface area (Å²) in [6.07, 6.45) is 0. The molecule has 2 aromatic rings. The van der Waals surface area contributed by atoms with Crippen LogP contribution in [0, 0.1) is 6.92 Å². The van der Waals surface area contributed by atoms with E-state index in [1.165, 1.54) is 0 Å². The van der Waals surface area contributed by atoms with E-state index in [4.69, 9.17) is 4.74 Å². The van der Waals surface area contributed by atoms with Crippen LogP contribution in [0.5, 0.6) is 5.75 Å². The number of ether oxygens (including phenoxy) is 1. The Bertz CT molecular complexity index is 740. The van der Waals surface area contributed by atoms with Crippen LogP contribution in [-0.2, 0) is 0 Å². The molecule has 0 heterocycles. The number of carbonyl (C=O) groups is 1. The van der Waals surface area contributed by atoms with E-state index in [0.29, 0.717) is 5.56 Å². The van der Waals surface area contributed by atoms with Crippen LogP contribution in [-0.4, -0.2) is 30.0 Å². The largest absolute Gasteiger partial charge is 0.497 e. The van der Waals surface area contributed by atoms with Crippen LogP contribution in [0.15, 0.2) is 40.9 Å². The van der Waals surface area contributed by atoms with E-state index >= 15 is 0 Å². The Kier molecular flexibility index (Phi) is 6.28. The molecule has 0 aliphatic rings. The summed E-state index contributed by atoms with van der Waals surface area (Å²) in [5.74, 6) is 0.783. The van der Waals surface area contributed by atoms with Crippen molar-refractivity contribution in [1.29, 1.82) is 0 Å². The molecule has 0 N–H and O–H groups in total. The molecule has 0 saturated carbocycles. The Morgan fingerprint density at radius 1 is 1.04 bits per heavy atom. The van der Waals surface area contributed by atoms with Gasteiger partial charge in [0.15, 0.2) is 0 Å². The molecule has 2 aromatic carbocycles. The Hall–Kier alpha value is -1.81. The van der Waals surface area contributed by atoms with Gasteiger partial charge in [0.1, 0.15) is 5.75 Å². The number of rotatable bonds is 5. The molecule has 134 valence electrons. The topological polar surface area (TPSA) is 29.5 Å². The van der Waals surface area contributed by atoms with Gasteiger partial charge in [-0.2, -0.15) is 0 Å². The molecule has 0 fully saturated rings. The van der Waals surface area contributed by atoms with Crippen LogP contribution in [0.2, 0.25) is 0 Å². The maximum Gasteiger partial charge on any atom is 0.254 e. The highest BCUT2D eigenvalue weighted by molar-refractivity contribution is 9.10. The van der Waals surface area contributed by atoms with E-state index in [2.05, 4.69) is 28.1 Å². The summed E-state index contributed by atoms with van der Waals surface area (Å²) in [6.45, 7) is 10.2. The highest BCUT2D eigenvalue weighted by Crippen LogP contribution is 2.32. The minimum atomic E-state index is 0.0419. The van der Waals surface area contributed by atoms with Gasteiger partial charge in [0.25, 0.3) is 5.91 Å². The van der Waals surface area contributed by atoms with Gasteiger partial charge in [0, 0.05) is 22.1 Å². The molecule has 0 radical (unpaired) electrons. The zero-order valence-electron chi connectivity index (χ0n) is 15.8. The molecule has 0 bridgehead atoms. The second-order valence-electron chi connectivity index (χ2n) is 6.83. The average Bonchev–Trinajstić information content (AvgIpc) is 2.52. The fourth-order valence-electron chi connectivity index (χ4n) is 3.17. The number of carbonyl (C=O) groups excluding carboxylic acids is 1. The van der Waals surface area contributed by atoms with Crippen molar-refractivity contribution in [2.75, 3.05) is 7.11 Å². The van der Waals surface area contributed by atoms with Gasteiger partial charge in [0.05, 0.1) is 7.11 Å². The predicted molar refractivity (Wildman–Crippen MR) is 107 cm³/mol. The highest BCUT2D eigenvalue weighted by atomic mass is 79.9. The van der Waals surface area contributed by atoms with Gasteiger partial charge < -0.3 is 9.64 Å². The standard InChI is InChI=1S/C21H26BrNO2/c1-13(2)23(14(3)4)21(24)19-8-7-18(25-6)12-20(19)16-9-15(5)10-17(22)11-16/h7-14H,1-6H3. The van der Waals surface area contributed by atoms with Crippen LogP contribution in [0.4, 0.5) is 0 Å². The molecule has 0 aromatic heterocycles. The number of halogens is 1. The molecular formula is C21H26BrNO2. The van der Waals surface area contributed by atoms with Crippen molar-refractivity contribution < 1.29 is 9.53 Å². The third-order valence-electron chi connectivity index (χ3n) is 4.16. The number of benzene rings is 2. The van der Waals surface area contributed by atoms with Crippen LogP contribution in [0.3, 0.4) is 0 Å². The van der Waals surface area contributed by atoms with Gasteiger partial charge in [-0.25, -0.2) is 0 Å². The van der Waals surface area contributed by atoms with Crippen molar-refractivity contribution in [3.05, 3.63) is 52.0 Å². The third-order valence-corrected chi connectivity index (χ3v) is 4.62. The van der Waals surface area contributed by atoms with Gasteiger partial charge in [-0.1, -0.05) is 22.0 Å². The molecule has 0 atom stereocenters. The Labute approximate surface area is 159 Å². The third kappa shape index (κ3) is 4.43. The second kappa shape index (κ2) is 8.05. The first-order valence-corrected chi connectivity index (χ1v) is 9.32. The minimum Gasteiger partial charge on any atom is -0.497 e. The van der Waals surface area contributed by atoms with Gasteiger partial charge >= 0.3 is 0 Å². The lowest BCUT2D eigenvalue weighted by molar-refractivity contribution is 0.0644. The molecule has 0 aliphatic heterocycles. The van der Waals surface area contributed by atoms with Crippen molar-refractivity contribution >= 4 is 21.8 Å². The zero-order valence-corrected chi connectivity index (χ0v) is 17.3. The first-order chi connectivity index (χ1) is 11.7. The van der Waals surface area contributed by atoms with Gasteiger partial charge in [-0.15, -0.1) is 0 Å². The average molecular weight is 404 g/mol. The van der Waals surface area contributed by atoms with Crippen molar-refractivity contribution in [1.82, 2.24) is 4.90 Å². The summed E-state index contributed by atoms with van der Waals surface area (Å²) < 4.78 is 6.38. The molecule has 4 heteroatoms. The van der Waals surface area contributed by atoms with Crippen molar-refractivity contribution in [2.24, 2.45) is 0 Å². The molecule has 0 unspecified atom stereocenters. The lowest BCUT2D eigenvalue weighted by Crippen LogP contribution is -2.42. The van der Waals surface area contributed by atoms with Gasteiger partial charge in [-0.3, -0.25) is 4.79 Å². The summed E-state index contributed by atoms with van der Waals surface area (Å²) in [4.78, 5) is 15.2. The molecular weight excluding hydrogens is 378 g/mol. The Balaban J connectivity index is 2.64. The van der Waals surface area contributed by atoms with Crippen molar-refractivity contribution in [2.45, 2.75) is 46.7 Å². The van der Waals surface area contributed by atoms with Gasteiger partial charge in [-0.05, 0) is 81.6 Å². The quantitative estimate of drug-likeness (QED) is 0.641. The second-order valence-corrected chi connectivity index (χ2v) is 7.74. The van der Waals surface area contributed by atoms with E-state index in [0.717, 1.165) is 26.9 Å². The maximum atomic E-state index is 13.3. The Morgan fingerprint density at radius 3 is 2.20 bits per heavy atom. The number of nitrogens with zero attached hydrogens (tertiary/aromatic N) is 1. The van der Waals surface area contributed by atoms with E-state index < -0.39 is 0 Å². The Morgan fingerprint density at radius 2 is 1.68 bits per heavy atom. The first-order valence-electron chi connectivity index (χ1n) is 8.52. The van der Waals surface area contributed by atoms with Crippen molar-refractivity contribution in [3.8, 4) is 16.9 Å². The SMILES string of the molecule is COc1ccc(C(=O)N(C(C)C)C(C)C)c(-c2cc(C)cc(Br)c2)c1. The van der Waals surface area contributed by atoms with Crippen LogP contribution < -0.4 is 4.74 Å². The first kappa shape index (κ1) is 19.5. The summed E-state index contributed by atoms with van der Waals surface area (Å²) >= 11 is 3.56. The maximum absolute atomic E-state index is 13.3. The molecule has 0 saturated heterocycles. The summed E-state index contributed by atoms with van der Waals surface area (Å²) in [5, 5.41) is 0. The molecule has 0 spiro atoms. The van der Waals surface area contributed by atoms with Gasteiger partial charge in [0.2, 0.25) is 0 Å². The fraction of sp³-hybridized carbons (Fsp3) is 0.381. The summed E-state index contributed by atoms with van der Waals surface area (Å²) in [6, 6.07) is 12.1. The highest BCUT2D eigenvalue weighted by Gasteiger charge is 2.24. The lowest BCUT2D eigenvalue weighted by atomic mass is 9.96. The number of hydrogen-bond acceptors (Lipinski definition) is 2. The van der Waals surface area contributed by atoms with Crippen LogP contribution in [0.25, 0.3) is 11.1 Å². The van der Waals surface area contributed by atoms with E-state index in [-0.39, 0.29) is 18.0 Å². The predicted octanol–water partition coefficient (Wildman–Crippen LogP) is 5.69. The fourth-order valence-corrected chi connectivity index (χ4v) is 3.78. The summed E-state index contributed by atoms with van der Waals surface area (Å²) in [5.41, 5.74) is 3.72. The van der Waals surface area contributed by atoms with E-state index in [9.17, 15) is 4.79 Å². The number of amides is 1. The number of methoxy groups -OCH3 is 1. The lowest BCUT2D eigenvalue weighted by Gasteiger charge is -2.31.